The number of hydrogen-bond acceptors (Lipinski definition) is 3. The van der Waals surface area contributed by atoms with Crippen molar-refractivity contribution in [2.24, 2.45) is 0 Å². The number of benzene rings is 3. The molecule has 3 aromatic carbocycles. The molecule has 0 spiro atoms. The molecule has 2 N–H and O–H groups in total. The molecule has 3 rings (SSSR count). The van der Waals surface area contributed by atoms with E-state index in [1.165, 1.54) is 12.1 Å². The maximum atomic E-state index is 11.0. The Hall–Kier alpha value is -3.27. The van der Waals surface area contributed by atoms with Crippen molar-refractivity contribution in [1.29, 1.82) is 0 Å². The smallest absolute Gasteiger partial charge is 0.339 e. The summed E-state index contributed by atoms with van der Waals surface area (Å²) in [6, 6.07) is 20.8. The summed E-state index contributed by atoms with van der Waals surface area (Å²) in [6.07, 6.45) is 1.41. The summed E-state index contributed by atoms with van der Waals surface area (Å²) in [5, 5.41) is 18.9. The molecular weight excluding hydrogens is 340 g/mol. The molecule has 0 atom stereocenters. The van der Waals surface area contributed by atoms with Crippen molar-refractivity contribution in [2.45, 2.75) is 26.4 Å². The molecule has 4 heteroatoms. The minimum atomic E-state index is -1.13. The second-order valence-electron chi connectivity index (χ2n) is 6.54. The van der Waals surface area contributed by atoms with Gasteiger partial charge in [-0.2, -0.15) is 0 Å². The number of aromatic carboxylic acids is 1. The highest BCUT2D eigenvalue weighted by Gasteiger charge is 2.11. The van der Waals surface area contributed by atoms with Crippen LogP contribution in [0, 0.1) is 6.92 Å². The number of carbonyl (C=O) groups is 1. The van der Waals surface area contributed by atoms with Gasteiger partial charge in [-0.05, 0) is 54.7 Å². The van der Waals surface area contributed by atoms with E-state index in [2.05, 4.69) is 6.07 Å². The van der Waals surface area contributed by atoms with E-state index in [4.69, 9.17) is 9.84 Å². The summed E-state index contributed by atoms with van der Waals surface area (Å²) in [5.74, 6) is -0.491. The van der Waals surface area contributed by atoms with E-state index >= 15 is 0 Å². The molecular formula is C23H22O4. The lowest BCUT2D eigenvalue weighted by molar-refractivity contribution is 0.0693. The highest BCUT2D eigenvalue weighted by Crippen LogP contribution is 2.25. The van der Waals surface area contributed by atoms with Gasteiger partial charge in [0.1, 0.15) is 23.7 Å². The quantitative estimate of drug-likeness (QED) is 0.636. The van der Waals surface area contributed by atoms with Crippen molar-refractivity contribution in [3.8, 4) is 11.5 Å². The largest absolute Gasteiger partial charge is 0.507 e. The Morgan fingerprint density at radius 3 is 2.41 bits per heavy atom. The standard InChI is InChI=1S/C23H22O4/c1-16-7-12-22(27-15-18-5-3-2-4-6-18)19(13-16)10-8-17-9-11-20(23(25)26)21(24)14-17/h2-7,9,11-14,24H,8,10,15H2,1H3,(H,25,26). The summed E-state index contributed by atoms with van der Waals surface area (Å²) in [4.78, 5) is 11.0. The molecule has 0 aliphatic rings. The molecule has 0 fully saturated rings. The SMILES string of the molecule is Cc1ccc(OCc2ccccc2)c(CCc2ccc(C(=O)O)c(O)c2)c1. The minimum Gasteiger partial charge on any atom is -0.507 e. The molecule has 0 aromatic heterocycles. The van der Waals surface area contributed by atoms with Crippen LogP contribution in [-0.4, -0.2) is 16.2 Å². The van der Waals surface area contributed by atoms with Gasteiger partial charge in [0.15, 0.2) is 0 Å². The van der Waals surface area contributed by atoms with Crippen molar-refractivity contribution in [3.05, 3.63) is 94.5 Å². The van der Waals surface area contributed by atoms with Gasteiger partial charge in [-0.25, -0.2) is 4.79 Å². The van der Waals surface area contributed by atoms with Crippen LogP contribution in [0.25, 0.3) is 0 Å². The third kappa shape index (κ3) is 4.88. The normalized spacial score (nSPS) is 10.6. The average Bonchev–Trinajstić information content (AvgIpc) is 2.66. The molecule has 138 valence electrons. The first-order chi connectivity index (χ1) is 13.0. The number of phenols is 1. The monoisotopic (exact) mass is 362 g/mol. The average molecular weight is 362 g/mol. The first kappa shape index (κ1) is 18.5. The van der Waals surface area contributed by atoms with Crippen LogP contribution in [0.3, 0.4) is 0 Å². The molecule has 0 unspecified atom stereocenters. The van der Waals surface area contributed by atoms with Gasteiger partial charge < -0.3 is 14.9 Å². The van der Waals surface area contributed by atoms with E-state index in [9.17, 15) is 9.90 Å². The van der Waals surface area contributed by atoms with Crippen LogP contribution >= 0.6 is 0 Å². The number of carboxylic acids is 1. The molecule has 0 aliphatic heterocycles. The fourth-order valence-electron chi connectivity index (χ4n) is 2.97. The van der Waals surface area contributed by atoms with Gasteiger partial charge in [0.05, 0.1) is 0 Å². The number of aromatic hydroxyl groups is 1. The van der Waals surface area contributed by atoms with Crippen molar-refractivity contribution in [2.75, 3.05) is 0 Å². The Labute approximate surface area is 158 Å². The lowest BCUT2D eigenvalue weighted by atomic mass is 10.0. The van der Waals surface area contributed by atoms with E-state index < -0.39 is 5.97 Å². The number of hydrogen-bond donors (Lipinski definition) is 2. The Bertz CT molecular complexity index is 932. The second-order valence-corrected chi connectivity index (χ2v) is 6.54. The zero-order chi connectivity index (χ0) is 19.2. The van der Waals surface area contributed by atoms with Crippen LogP contribution in [0.1, 0.15) is 32.6 Å². The number of rotatable bonds is 7. The minimum absolute atomic E-state index is 0.0822. The van der Waals surface area contributed by atoms with Crippen LogP contribution in [0.4, 0.5) is 0 Å². The van der Waals surface area contributed by atoms with Gasteiger partial charge in [-0.1, -0.05) is 54.1 Å². The maximum Gasteiger partial charge on any atom is 0.339 e. The summed E-state index contributed by atoms with van der Waals surface area (Å²) in [5.41, 5.74) is 4.15. The molecule has 0 saturated carbocycles. The molecule has 0 radical (unpaired) electrons. The van der Waals surface area contributed by atoms with E-state index in [1.807, 2.05) is 49.4 Å². The van der Waals surface area contributed by atoms with Gasteiger partial charge in [0.25, 0.3) is 0 Å². The first-order valence-corrected chi connectivity index (χ1v) is 8.84. The molecule has 0 saturated heterocycles. The number of carboxylic acid groups (broad SMARTS) is 1. The summed E-state index contributed by atoms with van der Waals surface area (Å²) in [6.45, 7) is 2.54. The van der Waals surface area contributed by atoms with Gasteiger partial charge in [0.2, 0.25) is 0 Å². The third-order valence-corrected chi connectivity index (χ3v) is 4.43. The maximum absolute atomic E-state index is 11.0. The molecule has 3 aromatic rings. The van der Waals surface area contributed by atoms with Crippen LogP contribution in [-0.2, 0) is 19.4 Å². The van der Waals surface area contributed by atoms with Crippen molar-refractivity contribution in [3.63, 3.8) is 0 Å². The Morgan fingerprint density at radius 1 is 0.926 bits per heavy atom. The molecule has 4 nitrogen and oxygen atoms in total. The van der Waals surface area contributed by atoms with E-state index in [0.29, 0.717) is 13.0 Å². The predicted molar refractivity (Wildman–Crippen MR) is 104 cm³/mol. The summed E-state index contributed by atoms with van der Waals surface area (Å²) >= 11 is 0. The Morgan fingerprint density at radius 2 is 1.70 bits per heavy atom. The Balaban J connectivity index is 1.71. The molecule has 27 heavy (non-hydrogen) atoms. The van der Waals surface area contributed by atoms with Crippen molar-refractivity contribution < 1.29 is 19.7 Å². The molecule has 0 bridgehead atoms. The predicted octanol–water partition coefficient (Wildman–Crippen LogP) is 4.76. The van der Waals surface area contributed by atoms with Crippen molar-refractivity contribution in [1.82, 2.24) is 0 Å². The fourth-order valence-corrected chi connectivity index (χ4v) is 2.97. The van der Waals surface area contributed by atoms with Gasteiger partial charge >= 0.3 is 5.97 Å². The van der Waals surface area contributed by atoms with Crippen LogP contribution < -0.4 is 4.74 Å². The number of aryl methyl sites for hydroxylation is 3. The van der Waals surface area contributed by atoms with E-state index in [-0.39, 0.29) is 11.3 Å². The lowest BCUT2D eigenvalue weighted by Crippen LogP contribution is -2.01. The topological polar surface area (TPSA) is 66.8 Å². The van der Waals surface area contributed by atoms with Gasteiger partial charge in [-0.3, -0.25) is 0 Å². The Kier molecular flexibility index (Phi) is 5.77. The van der Waals surface area contributed by atoms with Crippen LogP contribution in [0.15, 0.2) is 66.7 Å². The molecule has 0 aliphatic carbocycles. The van der Waals surface area contributed by atoms with Crippen LogP contribution in [0.5, 0.6) is 11.5 Å². The second kappa shape index (κ2) is 8.41. The highest BCUT2D eigenvalue weighted by molar-refractivity contribution is 5.90. The van der Waals surface area contributed by atoms with E-state index in [0.717, 1.165) is 34.4 Å². The highest BCUT2D eigenvalue weighted by atomic mass is 16.5. The zero-order valence-electron chi connectivity index (χ0n) is 15.2. The lowest BCUT2D eigenvalue weighted by Gasteiger charge is -2.13. The summed E-state index contributed by atoms with van der Waals surface area (Å²) in [7, 11) is 0. The number of ether oxygens (including phenoxy) is 1. The molecule has 0 heterocycles. The summed E-state index contributed by atoms with van der Waals surface area (Å²) < 4.78 is 6.01. The van der Waals surface area contributed by atoms with E-state index in [1.54, 1.807) is 6.07 Å². The van der Waals surface area contributed by atoms with Crippen LogP contribution in [0.2, 0.25) is 0 Å². The fraction of sp³-hybridized carbons (Fsp3) is 0.174. The zero-order valence-corrected chi connectivity index (χ0v) is 15.2. The van der Waals surface area contributed by atoms with Crippen molar-refractivity contribution >= 4 is 5.97 Å². The van der Waals surface area contributed by atoms with Gasteiger partial charge in [-0.15, -0.1) is 0 Å². The molecule has 0 amide bonds. The van der Waals surface area contributed by atoms with Gasteiger partial charge in [0, 0.05) is 0 Å². The first-order valence-electron chi connectivity index (χ1n) is 8.84. The third-order valence-electron chi connectivity index (χ3n) is 4.43.